The molecule has 0 aliphatic rings. The highest BCUT2D eigenvalue weighted by Crippen LogP contribution is 2.17. The van der Waals surface area contributed by atoms with Crippen molar-refractivity contribution in [3.05, 3.63) is 23.8 Å². The van der Waals surface area contributed by atoms with Gasteiger partial charge >= 0.3 is 0 Å². The topological polar surface area (TPSA) is 25.8 Å². The minimum absolute atomic E-state index is 0.0588. The van der Waals surface area contributed by atoms with Gasteiger partial charge in [0.05, 0.1) is 0 Å². The third kappa shape index (κ3) is 3.09. The van der Waals surface area contributed by atoms with E-state index in [0.29, 0.717) is 0 Å². The Morgan fingerprint density at radius 1 is 1.14 bits per heavy atom. The van der Waals surface area contributed by atoms with Crippen LogP contribution in [0.2, 0.25) is 0 Å². The molecule has 0 spiro atoms. The van der Waals surface area contributed by atoms with Crippen LogP contribution in [0.15, 0.2) is 12.4 Å². The Hall–Kier alpha value is -0.920. The number of nitrogens with zero attached hydrogens (tertiary/aromatic N) is 2. The molecule has 0 aliphatic carbocycles. The van der Waals surface area contributed by atoms with Crippen molar-refractivity contribution in [1.82, 2.24) is 9.97 Å². The lowest BCUT2D eigenvalue weighted by Crippen LogP contribution is -2.15. The van der Waals surface area contributed by atoms with Gasteiger partial charge in [0, 0.05) is 17.8 Å². The van der Waals surface area contributed by atoms with Crippen LogP contribution in [0.3, 0.4) is 0 Å². The summed E-state index contributed by atoms with van der Waals surface area (Å²) >= 11 is 0. The molecule has 0 saturated heterocycles. The van der Waals surface area contributed by atoms with E-state index in [1.54, 1.807) is 0 Å². The fourth-order valence-electron chi connectivity index (χ4n) is 1.25. The van der Waals surface area contributed by atoms with Crippen molar-refractivity contribution in [2.75, 3.05) is 0 Å². The maximum absolute atomic E-state index is 4.39. The van der Waals surface area contributed by atoms with Crippen LogP contribution < -0.4 is 0 Å². The molecule has 2 nitrogen and oxygen atoms in total. The average Bonchev–Trinajstić information content (AvgIpc) is 2.14. The summed E-state index contributed by atoms with van der Waals surface area (Å²) in [5, 5.41) is 0. The first kappa shape index (κ1) is 11.2. The lowest BCUT2D eigenvalue weighted by molar-refractivity contribution is 0.543. The SMILES string of the molecule is CCCCc1cnc(C(C)(C)C)nc1. The molecule has 2 heteroatoms. The van der Waals surface area contributed by atoms with Crippen LogP contribution in [0.25, 0.3) is 0 Å². The molecule has 0 aromatic carbocycles. The van der Waals surface area contributed by atoms with Gasteiger partial charge in [-0.25, -0.2) is 9.97 Å². The zero-order valence-corrected chi connectivity index (χ0v) is 9.67. The van der Waals surface area contributed by atoms with Gasteiger partial charge in [-0.15, -0.1) is 0 Å². The van der Waals surface area contributed by atoms with E-state index in [9.17, 15) is 0 Å². The van der Waals surface area contributed by atoms with Crippen molar-refractivity contribution < 1.29 is 0 Å². The maximum Gasteiger partial charge on any atom is 0.133 e. The molecule has 0 fully saturated rings. The second-order valence-electron chi connectivity index (χ2n) is 4.77. The van der Waals surface area contributed by atoms with Crippen LogP contribution in [0.1, 0.15) is 51.9 Å². The van der Waals surface area contributed by atoms with Gasteiger partial charge in [0.15, 0.2) is 0 Å². The Balaban J connectivity index is 2.69. The first-order chi connectivity index (χ1) is 6.54. The molecule has 0 amide bonds. The standard InChI is InChI=1S/C12H20N2/c1-5-6-7-10-8-13-11(14-9-10)12(2,3)4/h8-9H,5-7H2,1-4H3. The Bertz CT molecular complexity index is 269. The lowest BCUT2D eigenvalue weighted by Gasteiger charge is -2.15. The highest BCUT2D eigenvalue weighted by Gasteiger charge is 2.16. The van der Waals surface area contributed by atoms with Gasteiger partial charge in [-0.05, 0) is 18.4 Å². The minimum Gasteiger partial charge on any atom is -0.241 e. The lowest BCUT2D eigenvalue weighted by atomic mass is 9.95. The van der Waals surface area contributed by atoms with Gasteiger partial charge in [0.2, 0.25) is 0 Å². The summed E-state index contributed by atoms with van der Waals surface area (Å²) < 4.78 is 0. The molecule has 0 aliphatic heterocycles. The van der Waals surface area contributed by atoms with Crippen molar-refractivity contribution in [1.29, 1.82) is 0 Å². The molecule has 1 heterocycles. The molecule has 0 bridgehead atoms. The van der Waals surface area contributed by atoms with Crippen molar-refractivity contribution in [2.24, 2.45) is 0 Å². The van der Waals surface area contributed by atoms with E-state index in [0.717, 1.165) is 12.2 Å². The normalized spacial score (nSPS) is 11.7. The highest BCUT2D eigenvalue weighted by atomic mass is 14.9. The molecule has 14 heavy (non-hydrogen) atoms. The molecular formula is C12H20N2. The fraction of sp³-hybridized carbons (Fsp3) is 0.667. The van der Waals surface area contributed by atoms with E-state index in [-0.39, 0.29) is 5.41 Å². The third-order valence-electron chi connectivity index (χ3n) is 2.20. The molecule has 0 atom stereocenters. The maximum atomic E-state index is 4.39. The predicted molar refractivity (Wildman–Crippen MR) is 59.3 cm³/mol. The quantitative estimate of drug-likeness (QED) is 0.735. The van der Waals surface area contributed by atoms with Crippen molar-refractivity contribution in [3.8, 4) is 0 Å². The van der Waals surface area contributed by atoms with Gasteiger partial charge in [-0.1, -0.05) is 34.1 Å². The number of rotatable bonds is 3. The summed E-state index contributed by atoms with van der Waals surface area (Å²) in [5.41, 5.74) is 1.31. The Morgan fingerprint density at radius 2 is 1.71 bits per heavy atom. The van der Waals surface area contributed by atoms with E-state index in [1.807, 2.05) is 12.4 Å². The second-order valence-corrected chi connectivity index (χ2v) is 4.77. The van der Waals surface area contributed by atoms with Gasteiger partial charge in [0.25, 0.3) is 0 Å². The Kier molecular flexibility index (Phi) is 3.62. The Labute approximate surface area is 86.8 Å². The molecule has 0 radical (unpaired) electrons. The summed E-state index contributed by atoms with van der Waals surface area (Å²) in [6, 6.07) is 0. The first-order valence-electron chi connectivity index (χ1n) is 5.35. The smallest absolute Gasteiger partial charge is 0.133 e. The summed E-state index contributed by atoms with van der Waals surface area (Å²) in [4.78, 5) is 8.78. The number of aromatic nitrogens is 2. The molecule has 0 unspecified atom stereocenters. The highest BCUT2D eigenvalue weighted by molar-refractivity contribution is 5.09. The van der Waals surface area contributed by atoms with Gasteiger partial charge in [0.1, 0.15) is 5.82 Å². The van der Waals surface area contributed by atoms with Crippen LogP contribution in [-0.2, 0) is 11.8 Å². The number of aryl methyl sites for hydroxylation is 1. The number of hydrogen-bond donors (Lipinski definition) is 0. The second kappa shape index (κ2) is 4.54. The zero-order valence-electron chi connectivity index (χ0n) is 9.67. The molecule has 1 aromatic rings. The number of unbranched alkanes of at least 4 members (excludes halogenated alkanes) is 1. The van der Waals surface area contributed by atoms with Crippen LogP contribution >= 0.6 is 0 Å². The summed E-state index contributed by atoms with van der Waals surface area (Å²) in [6.45, 7) is 8.60. The largest absolute Gasteiger partial charge is 0.241 e. The van der Waals surface area contributed by atoms with E-state index in [2.05, 4.69) is 37.7 Å². The van der Waals surface area contributed by atoms with Crippen LogP contribution in [0.5, 0.6) is 0 Å². The third-order valence-corrected chi connectivity index (χ3v) is 2.20. The molecule has 78 valence electrons. The van der Waals surface area contributed by atoms with Crippen molar-refractivity contribution >= 4 is 0 Å². The van der Waals surface area contributed by atoms with Gasteiger partial charge in [-0.3, -0.25) is 0 Å². The van der Waals surface area contributed by atoms with E-state index < -0.39 is 0 Å². The van der Waals surface area contributed by atoms with Gasteiger partial charge in [-0.2, -0.15) is 0 Å². The average molecular weight is 192 g/mol. The molecule has 0 N–H and O–H groups in total. The molecule has 1 rings (SSSR count). The van der Waals surface area contributed by atoms with E-state index >= 15 is 0 Å². The summed E-state index contributed by atoms with van der Waals surface area (Å²) in [7, 11) is 0. The van der Waals surface area contributed by atoms with Crippen LogP contribution in [-0.4, -0.2) is 9.97 Å². The number of hydrogen-bond acceptors (Lipinski definition) is 2. The molecular weight excluding hydrogens is 172 g/mol. The fourth-order valence-corrected chi connectivity index (χ4v) is 1.25. The van der Waals surface area contributed by atoms with Crippen LogP contribution in [0, 0.1) is 0 Å². The Morgan fingerprint density at radius 3 is 2.14 bits per heavy atom. The molecule has 1 aromatic heterocycles. The van der Waals surface area contributed by atoms with Crippen molar-refractivity contribution in [3.63, 3.8) is 0 Å². The minimum atomic E-state index is 0.0588. The predicted octanol–water partition coefficient (Wildman–Crippen LogP) is 3.12. The monoisotopic (exact) mass is 192 g/mol. The zero-order chi connectivity index (χ0) is 10.6. The first-order valence-corrected chi connectivity index (χ1v) is 5.35. The van der Waals surface area contributed by atoms with Crippen molar-refractivity contribution in [2.45, 2.75) is 52.4 Å². The van der Waals surface area contributed by atoms with Gasteiger partial charge < -0.3 is 0 Å². The van der Waals surface area contributed by atoms with Crippen LogP contribution in [0.4, 0.5) is 0 Å². The van der Waals surface area contributed by atoms with E-state index in [4.69, 9.17) is 0 Å². The summed E-state index contributed by atoms with van der Waals surface area (Å²) in [5.74, 6) is 0.928. The molecule has 0 saturated carbocycles. The summed E-state index contributed by atoms with van der Waals surface area (Å²) in [6.07, 6.45) is 7.46. The van der Waals surface area contributed by atoms with E-state index in [1.165, 1.54) is 18.4 Å².